The summed E-state index contributed by atoms with van der Waals surface area (Å²) >= 11 is 0. The molecule has 0 unspecified atom stereocenters. The fourth-order valence-corrected chi connectivity index (χ4v) is 1.83. The lowest BCUT2D eigenvalue weighted by molar-refractivity contribution is -0.140. The molecule has 3 heterocycles. The first-order valence-electron chi connectivity index (χ1n) is 5.94. The van der Waals surface area contributed by atoms with Gasteiger partial charge >= 0.3 is 6.18 Å². The highest BCUT2D eigenvalue weighted by molar-refractivity contribution is 5.87. The van der Waals surface area contributed by atoms with Crippen molar-refractivity contribution in [3.63, 3.8) is 0 Å². The van der Waals surface area contributed by atoms with Crippen LogP contribution in [0.25, 0.3) is 11.0 Å². The molecule has 6 nitrogen and oxygen atoms in total. The van der Waals surface area contributed by atoms with Crippen molar-refractivity contribution in [3.05, 3.63) is 42.4 Å². The third-order valence-electron chi connectivity index (χ3n) is 2.81. The van der Waals surface area contributed by atoms with Gasteiger partial charge in [0.25, 0.3) is 0 Å². The molecular weight excluding hydrogens is 285 g/mol. The summed E-state index contributed by atoms with van der Waals surface area (Å²) in [5.74, 6) is 0.311. The number of alkyl halides is 3. The first-order valence-corrected chi connectivity index (χ1v) is 5.94. The van der Waals surface area contributed by atoms with Gasteiger partial charge in [-0.1, -0.05) is 0 Å². The van der Waals surface area contributed by atoms with E-state index >= 15 is 0 Å². The predicted molar refractivity (Wildman–Crippen MR) is 68.2 cm³/mol. The van der Waals surface area contributed by atoms with Gasteiger partial charge in [-0.2, -0.15) is 13.2 Å². The zero-order valence-electron chi connectivity index (χ0n) is 10.5. The summed E-state index contributed by atoms with van der Waals surface area (Å²) < 4.78 is 38.1. The Morgan fingerprint density at radius 2 is 2.00 bits per heavy atom. The summed E-state index contributed by atoms with van der Waals surface area (Å²) in [6.07, 6.45) is -0.284. The molecular formula is C12H9F3N6. The van der Waals surface area contributed by atoms with Gasteiger partial charge in [0.05, 0.1) is 17.6 Å². The molecule has 0 aromatic carbocycles. The number of hydrogen-bond donors (Lipinski definition) is 2. The Hall–Kier alpha value is -2.71. The van der Waals surface area contributed by atoms with Gasteiger partial charge in [-0.25, -0.2) is 19.9 Å². The van der Waals surface area contributed by atoms with Crippen molar-refractivity contribution < 1.29 is 13.2 Å². The summed E-state index contributed by atoms with van der Waals surface area (Å²) in [5.41, 5.74) is -0.0334. The van der Waals surface area contributed by atoms with Crippen LogP contribution in [-0.4, -0.2) is 24.9 Å². The van der Waals surface area contributed by atoms with E-state index in [1.807, 2.05) is 0 Å². The average Bonchev–Trinajstić information content (AvgIpc) is 2.91. The summed E-state index contributed by atoms with van der Waals surface area (Å²) in [6, 6.07) is 2.68. The number of fused-ring (bicyclic) bond motifs is 1. The minimum Gasteiger partial charge on any atom is -0.364 e. The van der Waals surface area contributed by atoms with Crippen LogP contribution in [0, 0.1) is 0 Å². The van der Waals surface area contributed by atoms with Gasteiger partial charge in [0.1, 0.15) is 29.8 Å². The van der Waals surface area contributed by atoms with E-state index < -0.39 is 11.9 Å². The van der Waals surface area contributed by atoms with E-state index in [1.165, 1.54) is 12.7 Å². The van der Waals surface area contributed by atoms with Gasteiger partial charge in [-0.05, 0) is 12.1 Å². The number of anilines is 1. The van der Waals surface area contributed by atoms with Gasteiger partial charge in [-0.15, -0.1) is 0 Å². The minimum atomic E-state index is -4.45. The third-order valence-corrected chi connectivity index (χ3v) is 2.81. The van der Waals surface area contributed by atoms with Crippen molar-refractivity contribution in [2.45, 2.75) is 12.7 Å². The molecule has 21 heavy (non-hydrogen) atoms. The zero-order chi connectivity index (χ0) is 14.9. The molecule has 0 atom stereocenters. The van der Waals surface area contributed by atoms with E-state index in [-0.39, 0.29) is 11.0 Å². The molecule has 3 aromatic rings. The standard InChI is InChI=1S/C12H9F3N6/c13-12(14,15)9-3-8-10(19-6-20-11(8)21-9)17-4-7-1-2-16-5-18-7/h1-3,5-6H,4H2,(H2,17,19,20,21). The first-order chi connectivity index (χ1) is 10.0. The molecule has 0 aliphatic heterocycles. The average molecular weight is 294 g/mol. The highest BCUT2D eigenvalue weighted by Gasteiger charge is 2.33. The lowest BCUT2D eigenvalue weighted by Gasteiger charge is -2.05. The Morgan fingerprint density at radius 3 is 2.71 bits per heavy atom. The van der Waals surface area contributed by atoms with Crippen LogP contribution in [0.4, 0.5) is 19.0 Å². The second kappa shape index (κ2) is 5.00. The van der Waals surface area contributed by atoms with E-state index in [1.54, 1.807) is 12.3 Å². The SMILES string of the molecule is FC(F)(F)c1cc2c(NCc3ccncn3)ncnc2[nH]1. The van der Waals surface area contributed by atoms with Crippen molar-refractivity contribution in [1.29, 1.82) is 0 Å². The van der Waals surface area contributed by atoms with E-state index in [0.29, 0.717) is 18.1 Å². The number of hydrogen-bond acceptors (Lipinski definition) is 5. The number of aromatic nitrogens is 5. The molecule has 108 valence electrons. The quantitative estimate of drug-likeness (QED) is 0.775. The minimum absolute atomic E-state index is 0.127. The Labute approximate surface area is 116 Å². The Balaban J connectivity index is 1.90. The van der Waals surface area contributed by atoms with Gasteiger partial charge in [0.2, 0.25) is 0 Å². The van der Waals surface area contributed by atoms with Gasteiger partial charge in [0.15, 0.2) is 0 Å². The second-order valence-electron chi connectivity index (χ2n) is 4.22. The van der Waals surface area contributed by atoms with E-state index in [9.17, 15) is 13.2 Å². The van der Waals surface area contributed by atoms with Crippen LogP contribution in [0.15, 0.2) is 31.0 Å². The van der Waals surface area contributed by atoms with Gasteiger partial charge in [0, 0.05) is 6.20 Å². The molecule has 0 saturated carbocycles. The molecule has 0 amide bonds. The number of aromatic amines is 1. The largest absolute Gasteiger partial charge is 0.431 e. The van der Waals surface area contributed by atoms with E-state index in [4.69, 9.17) is 0 Å². The zero-order valence-corrected chi connectivity index (χ0v) is 10.5. The first kappa shape index (κ1) is 13.3. The van der Waals surface area contributed by atoms with Gasteiger partial charge in [-0.3, -0.25) is 0 Å². The maximum Gasteiger partial charge on any atom is 0.431 e. The van der Waals surface area contributed by atoms with Crippen LogP contribution in [0.1, 0.15) is 11.4 Å². The maximum absolute atomic E-state index is 12.7. The molecule has 0 aliphatic carbocycles. The van der Waals surface area contributed by atoms with E-state index in [0.717, 1.165) is 6.07 Å². The van der Waals surface area contributed by atoms with Crippen molar-refractivity contribution in [2.24, 2.45) is 0 Å². The topological polar surface area (TPSA) is 79.4 Å². The number of nitrogens with zero attached hydrogens (tertiary/aromatic N) is 4. The highest BCUT2D eigenvalue weighted by atomic mass is 19.4. The molecule has 9 heteroatoms. The molecule has 0 fully saturated rings. The summed E-state index contributed by atoms with van der Waals surface area (Å²) in [5, 5.41) is 3.22. The van der Waals surface area contributed by atoms with Crippen molar-refractivity contribution in [3.8, 4) is 0 Å². The number of nitrogens with one attached hydrogen (secondary N) is 2. The van der Waals surface area contributed by atoms with Crippen molar-refractivity contribution >= 4 is 16.9 Å². The number of rotatable bonds is 3. The third kappa shape index (κ3) is 2.76. The lowest BCUT2D eigenvalue weighted by atomic mass is 10.3. The maximum atomic E-state index is 12.7. The highest BCUT2D eigenvalue weighted by Crippen LogP contribution is 2.32. The number of H-pyrrole nitrogens is 1. The fraction of sp³-hybridized carbons (Fsp3) is 0.167. The molecule has 0 aliphatic rings. The molecule has 0 bridgehead atoms. The second-order valence-corrected chi connectivity index (χ2v) is 4.22. The Kier molecular flexibility index (Phi) is 3.16. The van der Waals surface area contributed by atoms with Crippen LogP contribution < -0.4 is 5.32 Å². The predicted octanol–water partition coefficient (Wildman–Crippen LogP) is 2.38. The van der Waals surface area contributed by atoms with E-state index in [2.05, 4.69) is 30.2 Å². The summed E-state index contributed by atoms with van der Waals surface area (Å²) in [7, 11) is 0. The summed E-state index contributed by atoms with van der Waals surface area (Å²) in [6.45, 7) is 0.321. The van der Waals surface area contributed by atoms with Crippen LogP contribution in [0.5, 0.6) is 0 Å². The van der Waals surface area contributed by atoms with Crippen LogP contribution in [-0.2, 0) is 12.7 Å². The summed E-state index contributed by atoms with van der Waals surface area (Å²) in [4.78, 5) is 17.8. The van der Waals surface area contributed by atoms with Crippen molar-refractivity contribution in [2.75, 3.05) is 5.32 Å². The molecule has 0 saturated heterocycles. The smallest absolute Gasteiger partial charge is 0.364 e. The molecule has 3 rings (SSSR count). The van der Waals surface area contributed by atoms with Gasteiger partial charge < -0.3 is 10.3 Å². The Morgan fingerprint density at radius 1 is 1.14 bits per heavy atom. The van der Waals surface area contributed by atoms with Crippen molar-refractivity contribution in [1.82, 2.24) is 24.9 Å². The lowest BCUT2D eigenvalue weighted by Crippen LogP contribution is -2.04. The fourth-order valence-electron chi connectivity index (χ4n) is 1.83. The number of halogens is 3. The molecule has 0 radical (unpaired) electrons. The van der Waals surface area contributed by atoms with Crippen LogP contribution >= 0.6 is 0 Å². The Bertz CT molecular complexity index is 753. The molecule has 3 aromatic heterocycles. The van der Waals surface area contributed by atoms with Crippen LogP contribution in [0.2, 0.25) is 0 Å². The monoisotopic (exact) mass is 294 g/mol. The van der Waals surface area contributed by atoms with Crippen LogP contribution in [0.3, 0.4) is 0 Å². The molecule has 2 N–H and O–H groups in total. The normalized spacial score (nSPS) is 11.8. The molecule has 0 spiro atoms.